The third kappa shape index (κ3) is 4.46. The maximum absolute atomic E-state index is 10.5. The Labute approximate surface area is 200 Å². The minimum absolute atomic E-state index is 0.0226. The molecule has 35 heavy (non-hydrogen) atoms. The van der Waals surface area contributed by atoms with E-state index in [0.717, 1.165) is 0 Å². The fourth-order valence-electron chi connectivity index (χ4n) is 3.85. The molecule has 0 bridgehead atoms. The van der Waals surface area contributed by atoms with Gasteiger partial charge in [0, 0.05) is 24.3 Å². The Morgan fingerprint density at radius 3 is 2.17 bits per heavy atom. The molecule has 0 radical (unpaired) electrons. The lowest BCUT2D eigenvalue weighted by atomic mass is 10.00. The number of phenolic OH excluding ortho intramolecular Hbond substituents is 2. The van der Waals surface area contributed by atoms with Crippen molar-refractivity contribution in [3.63, 3.8) is 0 Å². The van der Waals surface area contributed by atoms with Gasteiger partial charge in [0.15, 0.2) is 11.5 Å². The van der Waals surface area contributed by atoms with Crippen LogP contribution in [-0.4, -0.2) is 77.6 Å². The van der Waals surface area contributed by atoms with E-state index in [1.807, 2.05) is 0 Å². The average Bonchev–Trinajstić information content (AvgIpc) is 2.86. The normalized spacial score (nSPS) is 24.3. The van der Waals surface area contributed by atoms with Crippen LogP contribution in [0.2, 0.25) is 0 Å². The molecule has 1 aliphatic heterocycles. The monoisotopic (exact) mass is 491 g/mol. The van der Waals surface area contributed by atoms with Crippen molar-refractivity contribution < 1.29 is 53.6 Å². The van der Waals surface area contributed by atoms with E-state index in [2.05, 4.69) is 0 Å². The zero-order valence-corrected chi connectivity index (χ0v) is 19.5. The summed E-state index contributed by atoms with van der Waals surface area (Å²) in [5, 5.41) is 51.4. The summed E-state index contributed by atoms with van der Waals surface area (Å²) in [5.74, 6) is 0.0363. The second-order valence-electron chi connectivity index (χ2n) is 8.03. The first-order chi connectivity index (χ1) is 16.7. The van der Waals surface area contributed by atoms with Crippen molar-refractivity contribution in [2.24, 2.45) is 0 Å². The van der Waals surface area contributed by atoms with Crippen molar-refractivity contribution in [1.82, 2.24) is 0 Å². The molecule has 0 aliphatic carbocycles. The Balaban J connectivity index is 1.91. The third-order valence-corrected chi connectivity index (χ3v) is 5.83. The van der Waals surface area contributed by atoms with Gasteiger partial charge in [0.1, 0.15) is 35.2 Å². The highest BCUT2D eigenvalue weighted by atomic mass is 16.7. The van der Waals surface area contributed by atoms with Gasteiger partial charge in [-0.3, -0.25) is 0 Å². The van der Waals surface area contributed by atoms with Crippen LogP contribution < -0.4 is 18.9 Å². The van der Waals surface area contributed by atoms with E-state index in [1.54, 1.807) is 18.2 Å². The maximum atomic E-state index is 10.5. The average molecular weight is 491 g/mol. The lowest BCUT2D eigenvalue weighted by Crippen LogP contribution is -2.58. The number of benzene rings is 2. The molecule has 1 fully saturated rings. The number of fused-ring (bicyclic) bond motifs is 1. The van der Waals surface area contributed by atoms with Crippen molar-refractivity contribution in [3.05, 3.63) is 30.3 Å². The van der Waals surface area contributed by atoms with Crippen LogP contribution in [0, 0.1) is 0 Å². The molecule has 0 unspecified atom stereocenters. The summed E-state index contributed by atoms with van der Waals surface area (Å²) < 4.78 is 33.6. The van der Waals surface area contributed by atoms with E-state index in [9.17, 15) is 25.5 Å². The van der Waals surface area contributed by atoms with Crippen molar-refractivity contribution in [2.75, 3.05) is 21.3 Å². The number of aliphatic hydroxyl groups excluding tert-OH is 3. The van der Waals surface area contributed by atoms with E-state index in [1.165, 1.54) is 40.4 Å². The van der Waals surface area contributed by atoms with Gasteiger partial charge in [0.2, 0.25) is 17.8 Å². The van der Waals surface area contributed by atoms with Gasteiger partial charge in [-0.25, -0.2) is 4.42 Å². The Bertz CT molecular complexity index is 1230. The minimum atomic E-state index is -1.58. The molecule has 2 heterocycles. The third-order valence-electron chi connectivity index (χ3n) is 5.83. The highest BCUT2D eigenvalue weighted by Gasteiger charge is 2.44. The predicted molar refractivity (Wildman–Crippen MR) is 122 cm³/mol. The highest BCUT2D eigenvalue weighted by Crippen LogP contribution is 2.45. The first-order valence-electron chi connectivity index (χ1n) is 10.7. The summed E-state index contributed by atoms with van der Waals surface area (Å²) in [6.07, 6.45) is -6.61. The summed E-state index contributed by atoms with van der Waals surface area (Å²) >= 11 is 0. The van der Waals surface area contributed by atoms with Crippen LogP contribution in [0.15, 0.2) is 34.7 Å². The molecule has 11 nitrogen and oxygen atoms in total. The Morgan fingerprint density at radius 2 is 1.51 bits per heavy atom. The summed E-state index contributed by atoms with van der Waals surface area (Å²) in [7, 11) is 4.28. The number of methoxy groups -OCH3 is 3. The first-order valence-corrected chi connectivity index (χ1v) is 10.7. The molecule has 1 aliphatic rings. The van der Waals surface area contributed by atoms with Gasteiger partial charge in [0.05, 0.1) is 39.1 Å². The zero-order chi connectivity index (χ0) is 25.4. The maximum Gasteiger partial charge on any atom is 0.402 e. The SMILES string of the molecule is COc1cc(OC)c2cc(O[C@@H]3O[C@@H](C)[C@H](O)[C@@H](O)[C@H]3O)c(-c3cc(O)c(O)c(OC)c3)[o+]c2c1. The predicted octanol–water partition coefficient (Wildman–Crippen LogP) is 2.02. The Kier molecular flexibility index (Phi) is 6.77. The summed E-state index contributed by atoms with van der Waals surface area (Å²) in [4.78, 5) is 0. The van der Waals surface area contributed by atoms with Crippen molar-refractivity contribution in [1.29, 1.82) is 0 Å². The van der Waals surface area contributed by atoms with Gasteiger partial charge in [-0.1, -0.05) is 0 Å². The molecule has 0 saturated carbocycles. The van der Waals surface area contributed by atoms with E-state index < -0.39 is 42.2 Å². The Morgan fingerprint density at radius 1 is 0.800 bits per heavy atom. The molecule has 11 heteroatoms. The molecule has 188 valence electrons. The highest BCUT2D eigenvalue weighted by molar-refractivity contribution is 5.89. The molecule has 0 amide bonds. The Hall–Kier alpha value is -3.51. The van der Waals surface area contributed by atoms with Crippen LogP contribution >= 0.6 is 0 Å². The second-order valence-corrected chi connectivity index (χ2v) is 8.03. The van der Waals surface area contributed by atoms with Gasteiger partial charge < -0.3 is 49.2 Å². The van der Waals surface area contributed by atoms with Crippen LogP contribution in [0.3, 0.4) is 0 Å². The van der Waals surface area contributed by atoms with Crippen LogP contribution in [0.25, 0.3) is 22.3 Å². The van der Waals surface area contributed by atoms with Crippen LogP contribution in [0.1, 0.15) is 6.92 Å². The summed E-state index contributed by atoms with van der Waals surface area (Å²) in [5.41, 5.74) is 0.596. The standard InChI is InChI=1S/C24H26O11/c1-10-19(26)21(28)22(29)24(33-10)35-18-9-13-15(31-3)7-12(30-2)8-16(13)34-23(18)11-5-14(25)20(27)17(6-11)32-4/h5-10,19,21-22,24,26,28-29H,1-4H3,(H-,25,27)/p+1/t10-,19-,21+,22+,24-/m0/s1. The smallest absolute Gasteiger partial charge is 0.402 e. The van der Waals surface area contributed by atoms with E-state index >= 15 is 0 Å². The summed E-state index contributed by atoms with van der Waals surface area (Å²) in [6, 6.07) is 7.50. The molecular weight excluding hydrogens is 464 g/mol. The molecule has 4 rings (SSSR count). The number of aliphatic hydroxyl groups is 3. The fraction of sp³-hybridized carbons (Fsp3) is 0.375. The van der Waals surface area contributed by atoms with E-state index in [4.69, 9.17) is 28.1 Å². The largest absolute Gasteiger partial charge is 0.504 e. The van der Waals surface area contributed by atoms with Crippen LogP contribution in [-0.2, 0) is 4.74 Å². The van der Waals surface area contributed by atoms with Crippen molar-refractivity contribution in [3.8, 4) is 45.8 Å². The minimum Gasteiger partial charge on any atom is -0.504 e. The lowest BCUT2D eigenvalue weighted by molar-refractivity contribution is -0.268. The molecule has 3 aromatic rings. The first kappa shape index (κ1) is 24.6. The van der Waals surface area contributed by atoms with Gasteiger partial charge in [-0.15, -0.1) is 0 Å². The number of phenols is 2. The van der Waals surface area contributed by atoms with E-state index in [0.29, 0.717) is 22.5 Å². The molecule has 0 spiro atoms. The molecule has 1 saturated heterocycles. The quantitative estimate of drug-likeness (QED) is 0.254. The van der Waals surface area contributed by atoms with Gasteiger partial charge in [-0.2, -0.15) is 0 Å². The van der Waals surface area contributed by atoms with Crippen LogP contribution in [0.5, 0.6) is 34.5 Å². The lowest BCUT2D eigenvalue weighted by Gasteiger charge is -2.38. The second kappa shape index (κ2) is 9.62. The van der Waals surface area contributed by atoms with Gasteiger partial charge in [-0.05, 0) is 6.92 Å². The number of hydrogen-bond acceptors (Lipinski definition) is 10. The summed E-state index contributed by atoms with van der Waals surface area (Å²) in [6.45, 7) is 1.53. The molecule has 2 aromatic carbocycles. The van der Waals surface area contributed by atoms with E-state index in [-0.39, 0.29) is 22.8 Å². The van der Waals surface area contributed by atoms with Crippen molar-refractivity contribution in [2.45, 2.75) is 37.6 Å². The number of ether oxygens (including phenoxy) is 5. The molecule has 1 aromatic heterocycles. The topological polar surface area (TPSA) is 159 Å². The number of aromatic hydroxyl groups is 2. The molecule has 5 N–H and O–H groups in total. The van der Waals surface area contributed by atoms with Crippen molar-refractivity contribution >= 4 is 11.0 Å². The van der Waals surface area contributed by atoms with Gasteiger partial charge >= 0.3 is 11.3 Å². The zero-order valence-electron chi connectivity index (χ0n) is 19.5. The van der Waals surface area contributed by atoms with Gasteiger partial charge in [0.25, 0.3) is 0 Å². The molecule has 5 atom stereocenters. The number of hydrogen-bond donors (Lipinski definition) is 5. The fourth-order valence-corrected chi connectivity index (χ4v) is 3.85. The molecular formula is C24H27O11+. The van der Waals surface area contributed by atoms with Crippen LogP contribution in [0.4, 0.5) is 0 Å². The number of rotatable bonds is 6.